The molecule has 1 aromatic carbocycles. The maximum Gasteiger partial charge on any atom is 0.407 e. The molecule has 3 aromatic rings. The van der Waals surface area contributed by atoms with Crippen molar-refractivity contribution in [2.45, 2.75) is 37.6 Å². The zero-order valence-electron chi connectivity index (χ0n) is 17.4. The molecule has 0 aliphatic carbocycles. The minimum absolute atomic E-state index is 0.106. The van der Waals surface area contributed by atoms with Crippen LogP contribution in [0.3, 0.4) is 0 Å². The van der Waals surface area contributed by atoms with Crippen molar-refractivity contribution in [2.24, 2.45) is 0 Å². The number of fused-ring (bicyclic) bond motifs is 1. The molecule has 0 aliphatic heterocycles. The summed E-state index contributed by atoms with van der Waals surface area (Å²) in [6, 6.07) is 8.03. The number of hydrogen-bond donors (Lipinski definition) is 1. The van der Waals surface area contributed by atoms with Crippen LogP contribution in [0.2, 0.25) is 0 Å². The van der Waals surface area contributed by atoms with Crippen molar-refractivity contribution in [1.82, 2.24) is 14.3 Å². The predicted octanol–water partition coefficient (Wildman–Crippen LogP) is 3.35. The molecule has 0 fully saturated rings. The van der Waals surface area contributed by atoms with Crippen molar-refractivity contribution in [3.8, 4) is 5.75 Å². The molecule has 8 nitrogen and oxygen atoms in total. The van der Waals surface area contributed by atoms with Gasteiger partial charge in [-0.1, -0.05) is 6.07 Å². The van der Waals surface area contributed by atoms with Crippen molar-refractivity contribution in [2.75, 3.05) is 13.7 Å². The van der Waals surface area contributed by atoms with E-state index in [2.05, 4.69) is 10.3 Å². The zero-order chi connectivity index (χ0) is 21.9. The van der Waals surface area contributed by atoms with Crippen molar-refractivity contribution in [3.63, 3.8) is 0 Å². The van der Waals surface area contributed by atoms with Gasteiger partial charge in [-0.25, -0.2) is 17.2 Å². The molecule has 1 amide bonds. The van der Waals surface area contributed by atoms with Crippen molar-refractivity contribution in [3.05, 3.63) is 54.5 Å². The first-order chi connectivity index (χ1) is 14.1. The Balaban J connectivity index is 1.89. The quantitative estimate of drug-likeness (QED) is 0.643. The number of carbonyl (C=O) groups excluding carboxylic acids is 1. The molecule has 3 rings (SSSR count). The molecule has 0 bridgehead atoms. The van der Waals surface area contributed by atoms with Gasteiger partial charge in [0.15, 0.2) is 0 Å². The Bertz CT molecular complexity index is 1160. The second-order valence-corrected chi connectivity index (χ2v) is 9.60. The van der Waals surface area contributed by atoms with Crippen LogP contribution in [0.15, 0.2) is 53.8 Å². The first-order valence-electron chi connectivity index (χ1n) is 9.40. The molecule has 0 saturated carbocycles. The maximum atomic E-state index is 13.3. The van der Waals surface area contributed by atoms with Gasteiger partial charge in [0.1, 0.15) is 5.75 Å². The van der Waals surface area contributed by atoms with Gasteiger partial charge in [-0.2, -0.15) is 0 Å². The molecule has 0 unspecified atom stereocenters. The molecule has 0 spiro atoms. The fourth-order valence-corrected chi connectivity index (χ4v) is 4.40. The third kappa shape index (κ3) is 4.73. The molecular formula is C21H25N3O5S. The first-order valence-corrected chi connectivity index (χ1v) is 10.8. The van der Waals surface area contributed by atoms with E-state index in [0.717, 1.165) is 10.9 Å². The summed E-state index contributed by atoms with van der Waals surface area (Å²) < 4.78 is 38.1. The van der Waals surface area contributed by atoms with Gasteiger partial charge in [-0.15, -0.1) is 0 Å². The van der Waals surface area contributed by atoms with E-state index in [9.17, 15) is 13.2 Å². The average Bonchev–Trinajstić information content (AvgIpc) is 3.06. The number of aromatic nitrogens is 2. The lowest BCUT2D eigenvalue weighted by Crippen LogP contribution is -2.41. The highest BCUT2D eigenvalue weighted by atomic mass is 32.2. The van der Waals surface area contributed by atoms with E-state index in [-0.39, 0.29) is 11.5 Å². The van der Waals surface area contributed by atoms with Crippen LogP contribution in [-0.2, 0) is 21.2 Å². The van der Waals surface area contributed by atoms with Gasteiger partial charge in [0, 0.05) is 35.8 Å². The summed E-state index contributed by atoms with van der Waals surface area (Å²) in [5.74, 6) is 0.448. The molecular weight excluding hydrogens is 406 g/mol. The number of benzene rings is 1. The minimum atomic E-state index is -3.87. The van der Waals surface area contributed by atoms with E-state index in [4.69, 9.17) is 9.47 Å². The first kappa shape index (κ1) is 21.6. The third-order valence-corrected chi connectivity index (χ3v) is 6.01. The number of hydrogen-bond acceptors (Lipinski definition) is 6. The van der Waals surface area contributed by atoms with E-state index >= 15 is 0 Å². The second-order valence-electron chi connectivity index (χ2n) is 7.79. The van der Waals surface area contributed by atoms with Crippen molar-refractivity contribution < 1.29 is 22.7 Å². The zero-order valence-corrected chi connectivity index (χ0v) is 18.2. The SMILES string of the molecule is COc1cccc(S(=O)(=O)n2cc(CCOC(=O)NC(C)(C)C)c3ccncc32)c1. The molecule has 30 heavy (non-hydrogen) atoms. The van der Waals surface area contributed by atoms with E-state index in [1.165, 1.54) is 29.4 Å². The lowest BCUT2D eigenvalue weighted by atomic mass is 10.1. The Kier molecular flexibility index (Phi) is 6.02. The fourth-order valence-electron chi connectivity index (χ4n) is 2.98. The lowest BCUT2D eigenvalue weighted by molar-refractivity contribution is 0.139. The molecule has 2 aromatic heterocycles. The van der Waals surface area contributed by atoms with Crippen molar-refractivity contribution >= 4 is 27.0 Å². The third-order valence-electron chi connectivity index (χ3n) is 4.34. The largest absolute Gasteiger partial charge is 0.497 e. The summed E-state index contributed by atoms with van der Waals surface area (Å²) in [6.45, 7) is 5.69. The summed E-state index contributed by atoms with van der Waals surface area (Å²) in [7, 11) is -2.39. The highest BCUT2D eigenvalue weighted by molar-refractivity contribution is 7.90. The Morgan fingerprint density at radius 3 is 2.70 bits per heavy atom. The Hall–Kier alpha value is -3.07. The van der Waals surface area contributed by atoms with Crippen LogP contribution >= 0.6 is 0 Å². The van der Waals surface area contributed by atoms with Crippen LogP contribution in [0.25, 0.3) is 10.9 Å². The summed E-state index contributed by atoms with van der Waals surface area (Å²) in [4.78, 5) is 16.0. The molecule has 0 radical (unpaired) electrons. The second kappa shape index (κ2) is 8.35. The van der Waals surface area contributed by atoms with E-state index in [0.29, 0.717) is 17.7 Å². The molecule has 0 atom stereocenters. The molecule has 9 heteroatoms. The van der Waals surface area contributed by atoms with Gasteiger partial charge >= 0.3 is 6.09 Å². The topological polar surface area (TPSA) is 99.5 Å². The number of rotatable bonds is 6. The van der Waals surface area contributed by atoms with Gasteiger partial charge in [0.25, 0.3) is 10.0 Å². The molecule has 1 N–H and O–H groups in total. The van der Waals surface area contributed by atoms with Gasteiger partial charge in [-0.05, 0) is 44.5 Å². The number of pyridine rings is 1. The molecule has 2 heterocycles. The van der Waals surface area contributed by atoms with Crippen LogP contribution in [0, 0.1) is 0 Å². The van der Waals surface area contributed by atoms with Gasteiger partial charge in [-0.3, -0.25) is 4.98 Å². The number of nitrogens with zero attached hydrogens (tertiary/aromatic N) is 2. The molecule has 0 aliphatic rings. The summed E-state index contributed by atoms with van der Waals surface area (Å²) in [5.41, 5.74) is 0.792. The normalized spacial score (nSPS) is 12.0. The highest BCUT2D eigenvalue weighted by Gasteiger charge is 2.22. The average molecular weight is 432 g/mol. The fraction of sp³-hybridized carbons (Fsp3) is 0.333. The Morgan fingerprint density at radius 2 is 2.00 bits per heavy atom. The predicted molar refractivity (Wildman–Crippen MR) is 113 cm³/mol. The lowest BCUT2D eigenvalue weighted by Gasteiger charge is -2.19. The summed E-state index contributed by atoms with van der Waals surface area (Å²) in [6.07, 6.45) is 4.49. The number of nitrogens with one attached hydrogen (secondary N) is 1. The minimum Gasteiger partial charge on any atom is -0.497 e. The van der Waals surface area contributed by atoms with Gasteiger partial charge in [0.05, 0.1) is 30.3 Å². The van der Waals surface area contributed by atoms with E-state index < -0.39 is 21.7 Å². The highest BCUT2D eigenvalue weighted by Crippen LogP contribution is 2.27. The maximum absolute atomic E-state index is 13.3. The standard InChI is InChI=1S/C21H25N3O5S/c1-21(2,3)23-20(25)29-11-9-15-14-24(19-13-22-10-8-18(15)19)30(26,27)17-7-5-6-16(12-17)28-4/h5-8,10,12-14H,9,11H2,1-4H3,(H,23,25). The van der Waals surface area contributed by atoms with E-state index in [1.54, 1.807) is 30.6 Å². The van der Waals surface area contributed by atoms with Crippen LogP contribution in [0.1, 0.15) is 26.3 Å². The van der Waals surface area contributed by atoms with Crippen LogP contribution in [-0.4, -0.2) is 42.7 Å². The van der Waals surface area contributed by atoms with Gasteiger partial charge < -0.3 is 14.8 Å². The van der Waals surface area contributed by atoms with Crippen LogP contribution in [0.4, 0.5) is 4.79 Å². The Labute approximate surface area is 175 Å². The monoisotopic (exact) mass is 431 g/mol. The van der Waals surface area contributed by atoms with Gasteiger partial charge in [0.2, 0.25) is 0 Å². The number of alkyl carbamates (subject to hydrolysis) is 1. The number of methoxy groups -OCH3 is 1. The number of carbonyl (C=O) groups is 1. The number of amides is 1. The van der Waals surface area contributed by atoms with Crippen LogP contribution in [0.5, 0.6) is 5.75 Å². The Morgan fingerprint density at radius 1 is 1.23 bits per heavy atom. The smallest absolute Gasteiger partial charge is 0.407 e. The van der Waals surface area contributed by atoms with Crippen LogP contribution < -0.4 is 10.1 Å². The number of ether oxygens (including phenoxy) is 2. The summed E-state index contributed by atoms with van der Waals surface area (Å²) in [5, 5.41) is 3.45. The summed E-state index contributed by atoms with van der Waals surface area (Å²) >= 11 is 0. The van der Waals surface area contributed by atoms with E-state index in [1.807, 2.05) is 20.8 Å². The van der Waals surface area contributed by atoms with Crippen molar-refractivity contribution in [1.29, 1.82) is 0 Å². The molecule has 160 valence electrons. The molecule has 0 saturated heterocycles.